The fourth-order valence-corrected chi connectivity index (χ4v) is 3.95. The number of carbonyl (C=O) groups excluding carboxylic acids is 1. The number of thiophene rings is 1. The van der Waals surface area contributed by atoms with Crippen molar-refractivity contribution in [3.8, 4) is 11.4 Å². The molecule has 0 bridgehead atoms. The number of thioether (sulfide) groups is 1. The van der Waals surface area contributed by atoms with Crippen molar-refractivity contribution in [3.05, 3.63) is 52.2 Å². The van der Waals surface area contributed by atoms with Gasteiger partial charge in [-0.1, -0.05) is 42.1 Å². The molecular weight excluding hydrogens is 352 g/mol. The molecule has 1 N–H and O–H groups in total. The highest BCUT2D eigenvalue weighted by atomic mass is 32.2. The number of hydrogen-bond acceptors (Lipinski definition) is 5. The number of amides is 1. The molecule has 2 heterocycles. The molecular formula is C18H20N4OS2. The molecule has 1 amide bonds. The van der Waals surface area contributed by atoms with Gasteiger partial charge in [-0.2, -0.15) is 0 Å². The number of benzene rings is 1. The van der Waals surface area contributed by atoms with Crippen LogP contribution >= 0.6 is 23.1 Å². The van der Waals surface area contributed by atoms with Gasteiger partial charge in [0, 0.05) is 28.9 Å². The Balaban J connectivity index is 1.59. The first-order valence-electron chi connectivity index (χ1n) is 8.09. The number of nitrogens with one attached hydrogen (secondary N) is 1. The van der Waals surface area contributed by atoms with E-state index in [-0.39, 0.29) is 5.91 Å². The molecule has 1 aromatic carbocycles. The minimum absolute atomic E-state index is 0.00701. The van der Waals surface area contributed by atoms with E-state index >= 15 is 0 Å². The quantitative estimate of drug-likeness (QED) is 0.642. The van der Waals surface area contributed by atoms with Gasteiger partial charge in [0.15, 0.2) is 11.0 Å². The zero-order valence-corrected chi connectivity index (χ0v) is 15.9. The molecule has 0 radical (unpaired) electrons. The maximum atomic E-state index is 12.1. The minimum Gasteiger partial charge on any atom is -0.351 e. The van der Waals surface area contributed by atoms with E-state index in [9.17, 15) is 4.79 Å². The Labute approximate surface area is 155 Å². The third kappa shape index (κ3) is 4.49. The fourth-order valence-electron chi connectivity index (χ4n) is 2.43. The summed E-state index contributed by atoms with van der Waals surface area (Å²) in [5, 5.41) is 14.4. The van der Waals surface area contributed by atoms with Crippen molar-refractivity contribution in [1.82, 2.24) is 20.1 Å². The summed E-state index contributed by atoms with van der Waals surface area (Å²) >= 11 is 3.12. The highest BCUT2D eigenvalue weighted by Crippen LogP contribution is 2.27. The predicted molar refractivity (Wildman–Crippen MR) is 103 cm³/mol. The van der Waals surface area contributed by atoms with Crippen LogP contribution in [0, 0.1) is 6.92 Å². The highest BCUT2D eigenvalue weighted by Gasteiger charge is 2.15. The summed E-state index contributed by atoms with van der Waals surface area (Å²) in [5.74, 6) is 1.18. The summed E-state index contributed by atoms with van der Waals surface area (Å²) in [6.07, 6.45) is 0. The molecule has 0 saturated heterocycles. The monoisotopic (exact) mass is 372 g/mol. The first-order chi connectivity index (χ1) is 12.2. The van der Waals surface area contributed by atoms with Gasteiger partial charge in [0.25, 0.3) is 0 Å². The molecule has 7 heteroatoms. The van der Waals surface area contributed by atoms with E-state index in [0.29, 0.717) is 12.3 Å². The number of nitrogens with zero attached hydrogens (tertiary/aromatic N) is 3. The Morgan fingerprint density at radius 1 is 1.28 bits per heavy atom. The topological polar surface area (TPSA) is 59.8 Å². The van der Waals surface area contributed by atoms with Gasteiger partial charge in [0.1, 0.15) is 0 Å². The Kier molecular flexibility index (Phi) is 5.88. The van der Waals surface area contributed by atoms with E-state index in [1.165, 1.54) is 16.6 Å². The first kappa shape index (κ1) is 17.7. The van der Waals surface area contributed by atoms with Crippen molar-refractivity contribution in [1.29, 1.82) is 0 Å². The van der Waals surface area contributed by atoms with Crippen molar-refractivity contribution in [2.75, 3.05) is 5.75 Å². The van der Waals surface area contributed by atoms with Crippen LogP contribution < -0.4 is 5.32 Å². The van der Waals surface area contributed by atoms with Gasteiger partial charge in [0.05, 0.1) is 5.75 Å². The van der Waals surface area contributed by atoms with E-state index in [1.807, 2.05) is 30.3 Å². The summed E-state index contributed by atoms with van der Waals surface area (Å²) in [7, 11) is 0. The molecule has 0 fully saturated rings. The van der Waals surface area contributed by atoms with E-state index < -0.39 is 0 Å². The SMILES string of the molecule is CCn1c(SCC(=O)NCc2ccccc2)nnc1-c1csc(C)c1. The van der Waals surface area contributed by atoms with Crippen LogP contribution in [0.1, 0.15) is 17.4 Å². The van der Waals surface area contributed by atoms with E-state index in [0.717, 1.165) is 28.7 Å². The summed E-state index contributed by atoms with van der Waals surface area (Å²) in [6, 6.07) is 12.0. The Morgan fingerprint density at radius 2 is 2.08 bits per heavy atom. The van der Waals surface area contributed by atoms with Gasteiger partial charge in [-0.15, -0.1) is 21.5 Å². The average Bonchev–Trinajstić information content (AvgIpc) is 3.24. The van der Waals surface area contributed by atoms with Crippen LogP contribution in [-0.4, -0.2) is 26.4 Å². The van der Waals surface area contributed by atoms with Crippen LogP contribution in [0.2, 0.25) is 0 Å². The second-order valence-corrected chi connectivity index (χ2v) is 7.61. The lowest BCUT2D eigenvalue weighted by Gasteiger charge is -2.07. The van der Waals surface area contributed by atoms with Crippen molar-refractivity contribution >= 4 is 29.0 Å². The van der Waals surface area contributed by atoms with E-state index in [2.05, 4.69) is 45.4 Å². The molecule has 0 unspecified atom stereocenters. The lowest BCUT2D eigenvalue weighted by Crippen LogP contribution is -2.24. The molecule has 0 spiro atoms. The largest absolute Gasteiger partial charge is 0.351 e. The maximum Gasteiger partial charge on any atom is 0.230 e. The third-order valence-corrected chi connectivity index (χ3v) is 5.51. The van der Waals surface area contributed by atoms with Crippen molar-refractivity contribution in [2.24, 2.45) is 0 Å². The maximum absolute atomic E-state index is 12.1. The highest BCUT2D eigenvalue weighted by molar-refractivity contribution is 7.99. The van der Waals surface area contributed by atoms with E-state index in [4.69, 9.17) is 0 Å². The molecule has 3 rings (SSSR count). The summed E-state index contributed by atoms with van der Waals surface area (Å²) in [4.78, 5) is 13.3. The second kappa shape index (κ2) is 8.31. The second-order valence-electron chi connectivity index (χ2n) is 5.55. The van der Waals surface area contributed by atoms with Crippen molar-refractivity contribution in [2.45, 2.75) is 32.1 Å². The Hall–Kier alpha value is -2.12. The molecule has 2 aromatic heterocycles. The Morgan fingerprint density at radius 3 is 2.76 bits per heavy atom. The predicted octanol–water partition coefficient (Wildman–Crippen LogP) is 3.74. The summed E-state index contributed by atoms with van der Waals surface area (Å²) in [6.45, 7) is 5.45. The Bertz CT molecular complexity index is 842. The number of aromatic nitrogens is 3. The molecule has 0 atom stereocenters. The van der Waals surface area contributed by atoms with Crippen molar-refractivity contribution < 1.29 is 4.79 Å². The van der Waals surface area contributed by atoms with Crippen LogP contribution in [0.25, 0.3) is 11.4 Å². The number of rotatable bonds is 7. The zero-order valence-electron chi connectivity index (χ0n) is 14.2. The fraction of sp³-hybridized carbons (Fsp3) is 0.278. The molecule has 0 aliphatic rings. The lowest BCUT2D eigenvalue weighted by atomic mass is 10.2. The van der Waals surface area contributed by atoms with Gasteiger partial charge in [-0.25, -0.2) is 0 Å². The number of hydrogen-bond donors (Lipinski definition) is 1. The molecule has 3 aromatic rings. The number of carbonyl (C=O) groups is 1. The lowest BCUT2D eigenvalue weighted by molar-refractivity contribution is -0.118. The third-order valence-electron chi connectivity index (χ3n) is 3.69. The average molecular weight is 373 g/mol. The first-order valence-corrected chi connectivity index (χ1v) is 9.96. The molecule has 130 valence electrons. The van der Waals surface area contributed by atoms with Crippen molar-refractivity contribution in [3.63, 3.8) is 0 Å². The molecule has 25 heavy (non-hydrogen) atoms. The van der Waals surface area contributed by atoms with E-state index in [1.54, 1.807) is 11.3 Å². The molecule has 0 aliphatic carbocycles. The van der Waals surface area contributed by atoms with Crippen LogP contribution in [-0.2, 0) is 17.9 Å². The molecule has 0 aliphatic heterocycles. The summed E-state index contributed by atoms with van der Waals surface area (Å²) < 4.78 is 2.05. The van der Waals surface area contributed by atoms with Gasteiger partial charge in [-0.3, -0.25) is 4.79 Å². The van der Waals surface area contributed by atoms with Gasteiger partial charge >= 0.3 is 0 Å². The van der Waals surface area contributed by atoms with Crippen LogP contribution in [0.3, 0.4) is 0 Å². The molecule has 5 nitrogen and oxygen atoms in total. The standard InChI is InChI=1S/C18H20N4OS2/c1-3-22-17(15-9-13(2)24-11-15)20-21-18(22)25-12-16(23)19-10-14-7-5-4-6-8-14/h4-9,11H,3,10,12H2,1-2H3,(H,19,23). The summed E-state index contributed by atoms with van der Waals surface area (Å²) in [5.41, 5.74) is 2.17. The zero-order chi connectivity index (χ0) is 17.6. The number of aryl methyl sites for hydroxylation is 1. The minimum atomic E-state index is -0.00701. The van der Waals surface area contributed by atoms with Crippen LogP contribution in [0.4, 0.5) is 0 Å². The molecule has 0 saturated carbocycles. The van der Waals surface area contributed by atoms with Gasteiger partial charge in [-0.05, 0) is 25.5 Å². The normalized spacial score (nSPS) is 10.8. The van der Waals surface area contributed by atoms with Gasteiger partial charge < -0.3 is 9.88 Å². The van der Waals surface area contributed by atoms with Crippen LogP contribution in [0.5, 0.6) is 0 Å². The van der Waals surface area contributed by atoms with Gasteiger partial charge in [0.2, 0.25) is 5.91 Å². The van der Waals surface area contributed by atoms with Crippen LogP contribution in [0.15, 0.2) is 46.9 Å². The smallest absolute Gasteiger partial charge is 0.230 e.